The molecule has 1 rings (SSSR count). The molecular weight excluding hydrogens is 288 g/mol. The van der Waals surface area contributed by atoms with Gasteiger partial charge in [0.15, 0.2) is 0 Å². The van der Waals surface area contributed by atoms with Crippen molar-refractivity contribution in [3.8, 4) is 0 Å². The van der Waals surface area contributed by atoms with Crippen molar-refractivity contribution in [1.82, 2.24) is 9.80 Å². The van der Waals surface area contributed by atoms with Crippen molar-refractivity contribution < 1.29 is 24.2 Å². The Morgan fingerprint density at radius 1 is 1.18 bits per heavy atom. The summed E-state index contributed by atoms with van der Waals surface area (Å²) >= 11 is 0. The van der Waals surface area contributed by atoms with Crippen molar-refractivity contribution in [3.63, 3.8) is 0 Å². The van der Waals surface area contributed by atoms with Gasteiger partial charge >= 0.3 is 12.1 Å². The predicted molar refractivity (Wildman–Crippen MR) is 81.5 cm³/mol. The molecule has 0 aromatic heterocycles. The molecule has 0 aromatic rings. The molecule has 1 saturated heterocycles. The molecule has 1 aliphatic heterocycles. The van der Waals surface area contributed by atoms with Crippen LogP contribution in [-0.2, 0) is 14.3 Å². The van der Waals surface area contributed by atoms with Crippen molar-refractivity contribution in [2.24, 2.45) is 0 Å². The largest absolute Gasteiger partial charge is 0.466 e. The molecule has 1 N–H and O–H groups in total. The maximum atomic E-state index is 11.9. The molecule has 1 amide bonds. The second-order valence-corrected chi connectivity index (χ2v) is 6.43. The SMILES string of the molecule is CCOC(=O)CC(O)CN1CCN(C(=O)OC(C)(C)C)CC1. The van der Waals surface area contributed by atoms with Gasteiger partial charge in [-0.2, -0.15) is 0 Å². The molecule has 22 heavy (non-hydrogen) atoms. The van der Waals surface area contributed by atoms with Crippen LogP contribution in [0.15, 0.2) is 0 Å². The molecule has 1 aliphatic rings. The Morgan fingerprint density at radius 2 is 1.77 bits per heavy atom. The summed E-state index contributed by atoms with van der Waals surface area (Å²) < 4.78 is 10.1. The zero-order valence-electron chi connectivity index (χ0n) is 14.0. The Hall–Kier alpha value is -1.34. The number of carbonyl (C=O) groups excluding carboxylic acids is 2. The highest BCUT2D eigenvalue weighted by atomic mass is 16.6. The lowest BCUT2D eigenvalue weighted by Crippen LogP contribution is -2.51. The van der Waals surface area contributed by atoms with Crippen LogP contribution in [0.4, 0.5) is 4.79 Å². The molecule has 0 aromatic carbocycles. The van der Waals surface area contributed by atoms with E-state index in [1.165, 1.54) is 0 Å². The first-order valence-corrected chi connectivity index (χ1v) is 7.75. The highest BCUT2D eigenvalue weighted by Gasteiger charge is 2.26. The third kappa shape index (κ3) is 7.09. The fourth-order valence-electron chi connectivity index (χ4n) is 2.21. The van der Waals surface area contributed by atoms with Gasteiger partial charge in [-0.1, -0.05) is 0 Å². The number of esters is 1. The van der Waals surface area contributed by atoms with Crippen LogP contribution in [0.3, 0.4) is 0 Å². The molecule has 0 saturated carbocycles. The van der Waals surface area contributed by atoms with Crippen LogP contribution in [0.1, 0.15) is 34.1 Å². The zero-order valence-corrected chi connectivity index (χ0v) is 14.0. The lowest BCUT2D eigenvalue weighted by Gasteiger charge is -2.36. The Morgan fingerprint density at radius 3 is 2.27 bits per heavy atom. The molecule has 1 atom stereocenters. The maximum absolute atomic E-state index is 11.9. The summed E-state index contributed by atoms with van der Waals surface area (Å²) in [6, 6.07) is 0. The summed E-state index contributed by atoms with van der Waals surface area (Å²) in [4.78, 5) is 26.9. The third-order valence-electron chi connectivity index (χ3n) is 3.20. The minimum Gasteiger partial charge on any atom is -0.466 e. The topological polar surface area (TPSA) is 79.3 Å². The number of hydrogen-bond acceptors (Lipinski definition) is 6. The molecule has 1 fully saturated rings. The van der Waals surface area contributed by atoms with Crippen molar-refractivity contribution >= 4 is 12.1 Å². The number of hydrogen-bond donors (Lipinski definition) is 1. The second kappa shape index (κ2) is 8.33. The maximum Gasteiger partial charge on any atom is 0.410 e. The first-order valence-electron chi connectivity index (χ1n) is 7.75. The Balaban J connectivity index is 2.30. The molecule has 0 radical (unpaired) electrons. The molecule has 128 valence electrons. The van der Waals surface area contributed by atoms with Crippen LogP contribution in [0.25, 0.3) is 0 Å². The van der Waals surface area contributed by atoms with E-state index in [0.29, 0.717) is 39.3 Å². The van der Waals surface area contributed by atoms with Gasteiger partial charge in [-0.25, -0.2) is 4.79 Å². The number of rotatable bonds is 5. The molecule has 1 unspecified atom stereocenters. The van der Waals surface area contributed by atoms with Gasteiger partial charge < -0.3 is 19.5 Å². The Bertz CT molecular complexity index is 373. The van der Waals surface area contributed by atoms with Gasteiger partial charge in [0.05, 0.1) is 19.1 Å². The van der Waals surface area contributed by atoms with Crippen LogP contribution < -0.4 is 0 Å². The number of amides is 1. The minimum atomic E-state index is -0.743. The number of nitrogens with zero attached hydrogens (tertiary/aromatic N) is 2. The van der Waals surface area contributed by atoms with Crippen molar-refractivity contribution in [3.05, 3.63) is 0 Å². The summed E-state index contributed by atoms with van der Waals surface area (Å²) in [5.41, 5.74) is -0.496. The van der Waals surface area contributed by atoms with Gasteiger partial charge in [0.1, 0.15) is 5.60 Å². The highest BCUT2D eigenvalue weighted by Crippen LogP contribution is 2.12. The van der Waals surface area contributed by atoms with Gasteiger partial charge in [0, 0.05) is 32.7 Å². The van der Waals surface area contributed by atoms with E-state index in [-0.39, 0.29) is 18.5 Å². The van der Waals surface area contributed by atoms with Crippen LogP contribution in [0.5, 0.6) is 0 Å². The highest BCUT2D eigenvalue weighted by molar-refractivity contribution is 5.70. The smallest absolute Gasteiger partial charge is 0.410 e. The minimum absolute atomic E-state index is 0.000119. The van der Waals surface area contributed by atoms with E-state index in [2.05, 4.69) is 0 Å². The summed E-state index contributed by atoms with van der Waals surface area (Å²) in [6.45, 7) is 10.4. The number of aliphatic hydroxyl groups is 1. The quantitative estimate of drug-likeness (QED) is 0.758. The molecule has 0 spiro atoms. The Kier molecular flexibility index (Phi) is 7.09. The number of carbonyl (C=O) groups is 2. The van der Waals surface area contributed by atoms with Crippen LogP contribution in [0, 0.1) is 0 Å². The van der Waals surface area contributed by atoms with Crippen molar-refractivity contribution in [2.45, 2.75) is 45.8 Å². The number of β-amino-alcohol motifs (C(OH)–C–C–N with tert-alkyl or cyclic N) is 1. The van der Waals surface area contributed by atoms with E-state index in [9.17, 15) is 14.7 Å². The lowest BCUT2D eigenvalue weighted by molar-refractivity contribution is -0.145. The lowest BCUT2D eigenvalue weighted by atomic mass is 10.2. The zero-order chi connectivity index (χ0) is 16.8. The van der Waals surface area contributed by atoms with Gasteiger partial charge in [0.25, 0.3) is 0 Å². The first kappa shape index (κ1) is 18.7. The predicted octanol–water partition coefficient (Wildman–Crippen LogP) is 0.853. The van der Waals surface area contributed by atoms with Gasteiger partial charge in [-0.3, -0.25) is 9.69 Å². The summed E-state index contributed by atoms with van der Waals surface area (Å²) in [5, 5.41) is 9.88. The molecule has 1 heterocycles. The molecule has 7 nitrogen and oxygen atoms in total. The van der Waals surface area contributed by atoms with Crippen molar-refractivity contribution in [1.29, 1.82) is 0 Å². The average molecular weight is 316 g/mol. The van der Waals surface area contributed by atoms with E-state index >= 15 is 0 Å². The van der Waals surface area contributed by atoms with Crippen LogP contribution >= 0.6 is 0 Å². The average Bonchev–Trinajstić information content (AvgIpc) is 2.37. The normalized spacial score (nSPS) is 18.0. The number of ether oxygens (including phenoxy) is 2. The van der Waals surface area contributed by atoms with Gasteiger partial charge in [0.2, 0.25) is 0 Å². The van der Waals surface area contributed by atoms with E-state index in [0.717, 1.165) is 0 Å². The van der Waals surface area contributed by atoms with E-state index in [4.69, 9.17) is 9.47 Å². The number of aliphatic hydroxyl groups excluding tert-OH is 1. The Labute approximate surface area is 132 Å². The monoisotopic (exact) mass is 316 g/mol. The fraction of sp³-hybridized carbons (Fsp3) is 0.867. The van der Waals surface area contributed by atoms with Gasteiger partial charge in [-0.15, -0.1) is 0 Å². The second-order valence-electron chi connectivity index (χ2n) is 6.43. The molecule has 7 heteroatoms. The van der Waals surface area contributed by atoms with E-state index < -0.39 is 11.7 Å². The van der Waals surface area contributed by atoms with Crippen LogP contribution in [-0.4, -0.2) is 78.0 Å². The molecular formula is C15H28N2O5. The molecule has 0 bridgehead atoms. The summed E-state index contributed by atoms with van der Waals surface area (Å²) in [7, 11) is 0. The van der Waals surface area contributed by atoms with Crippen molar-refractivity contribution in [2.75, 3.05) is 39.3 Å². The van der Waals surface area contributed by atoms with Gasteiger partial charge in [-0.05, 0) is 27.7 Å². The fourth-order valence-corrected chi connectivity index (χ4v) is 2.21. The summed E-state index contributed by atoms with van der Waals surface area (Å²) in [5.74, 6) is -0.387. The third-order valence-corrected chi connectivity index (χ3v) is 3.20. The van der Waals surface area contributed by atoms with Crippen LogP contribution in [0.2, 0.25) is 0 Å². The summed E-state index contributed by atoms with van der Waals surface area (Å²) in [6.07, 6.45) is -1.05. The van der Waals surface area contributed by atoms with E-state index in [1.807, 2.05) is 25.7 Å². The molecule has 0 aliphatic carbocycles. The first-order chi connectivity index (χ1) is 10.2. The van der Waals surface area contributed by atoms with E-state index in [1.54, 1.807) is 11.8 Å². The number of piperazine rings is 1. The standard InChI is InChI=1S/C15H28N2O5/c1-5-21-13(19)10-12(18)11-16-6-8-17(9-7-16)14(20)22-15(2,3)4/h12,18H,5-11H2,1-4H3.